The lowest BCUT2D eigenvalue weighted by atomic mass is 9.96. The van der Waals surface area contributed by atoms with Crippen LogP contribution in [0.25, 0.3) is 0 Å². The van der Waals surface area contributed by atoms with E-state index in [0.29, 0.717) is 25.0 Å². The minimum absolute atomic E-state index is 0.0861. The summed E-state index contributed by atoms with van der Waals surface area (Å²) >= 11 is 0. The number of guanidine groups is 1. The molecule has 5 heteroatoms. The average molecular weight is 224 g/mol. The van der Waals surface area contributed by atoms with E-state index in [-0.39, 0.29) is 11.9 Å². The SMILES string of the molecule is NC(=NC1CCCCC1)NC1CNC(=O)C1. The molecule has 4 N–H and O–H groups in total. The number of hydrogen-bond donors (Lipinski definition) is 3. The van der Waals surface area contributed by atoms with Crippen LogP contribution in [0.1, 0.15) is 38.5 Å². The van der Waals surface area contributed by atoms with Crippen molar-refractivity contribution in [2.45, 2.75) is 50.6 Å². The number of aliphatic imine (C=N–C) groups is 1. The van der Waals surface area contributed by atoms with Gasteiger partial charge >= 0.3 is 0 Å². The van der Waals surface area contributed by atoms with Crippen molar-refractivity contribution in [3.05, 3.63) is 0 Å². The largest absolute Gasteiger partial charge is 0.370 e. The van der Waals surface area contributed by atoms with E-state index in [4.69, 9.17) is 5.73 Å². The zero-order chi connectivity index (χ0) is 11.4. The number of rotatable bonds is 2. The molecule has 1 amide bonds. The molecule has 0 radical (unpaired) electrons. The highest BCUT2D eigenvalue weighted by Crippen LogP contribution is 2.19. The average Bonchev–Trinajstić information content (AvgIpc) is 2.65. The molecule has 1 atom stereocenters. The second-order valence-corrected chi connectivity index (χ2v) is 4.66. The Labute approximate surface area is 95.9 Å². The monoisotopic (exact) mass is 224 g/mol. The smallest absolute Gasteiger partial charge is 0.222 e. The Morgan fingerprint density at radius 2 is 2.12 bits per heavy atom. The topological polar surface area (TPSA) is 79.5 Å². The Bertz CT molecular complexity index is 284. The van der Waals surface area contributed by atoms with Crippen LogP contribution in [0.2, 0.25) is 0 Å². The van der Waals surface area contributed by atoms with E-state index in [1.54, 1.807) is 0 Å². The van der Waals surface area contributed by atoms with Gasteiger partial charge in [-0.1, -0.05) is 19.3 Å². The van der Waals surface area contributed by atoms with Crippen LogP contribution in [0.5, 0.6) is 0 Å². The fraction of sp³-hybridized carbons (Fsp3) is 0.818. The molecule has 0 aromatic rings. The van der Waals surface area contributed by atoms with Crippen molar-refractivity contribution in [2.75, 3.05) is 6.54 Å². The number of amides is 1. The molecule has 1 aliphatic carbocycles. The van der Waals surface area contributed by atoms with Gasteiger partial charge in [-0.15, -0.1) is 0 Å². The van der Waals surface area contributed by atoms with E-state index in [2.05, 4.69) is 15.6 Å². The summed E-state index contributed by atoms with van der Waals surface area (Å²) in [5.41, 5.74) is 5.83. The minimum Gasteiger partial charge on any atom is -0.370 e. The summed E-state index contributed by atoms with van der Waals surface area (Å²) in [5, 5.41) is 5.87. The van der Waals surface area contributed by atoms with Gasteiger partial charge in [0.1, 0.15) is 0 Å². The number of nitrogens with zero attached hydrogens (tertiary/aromatic N) is 1. The van der Waals surface area contributed by atoms with Crippen molar-refractivity contribution < 1.29 is 4.79 Å². The van der Waals surface area contributed by atoms with E-state index in [1.807, 2.05) is 0 Å². The van der Waals surface area contributed by atoms with Crippen LogP contribution < -0.4 is 16.4 Å². The third-order valence-corrected chi connectivity index (χ3v) is 3.23. The van der Waals surface area contributed by atoms with Crippen LogP contribution in [0.3, 0.4) is 0 Å². The van der Waals surface area contributed by atoms with Gasteiger partial charge in [0.05, 0.1) is 12.1 Å². The van der Waals surface area contributed by atoms with Gasteiger partial charge in [-0.25, -0.2) is 0 Å². The van der Waals surface area contributed by atoms with Crippen LogP contribution >= 0.6 is 0 Å². The van der Waals surface area contributed by atoms with Gasteiger partial charge < -0.3 is 16.4 Å². The van der Waals surface area contributed by atoms with Crippen LogP contribution in [-0.4, -0.2) is 30.5 Å². The van der Waals surface area contributed by atoms with Crippen molar-refractivity contribution in [2.24, 2.45) is 10.7 Å². The molecule has 2 fully saturated rings. The fourth-order valence-electron chi connectivity index (χ4n) is 2.36. The number of carbonyl (C=O) groups is 1. The summed E-state index contributed by atoms with van der Waals surface area (Å²) in [6.45, 7) is 0.652. The Morgan fingerprint density at radius 3 is 2.75 bits per heavy atom. The Hall–Kier alpha value is -1.26. The predicted molar refractivity (Wildman–Crippen MR) is 63.0 cm³/mol. The van der Waals surface area contributed by atoms with Crippen molar-refractivity contribution >= 4 is 11.9 Å². The summed E-state index contributed by atoms with van der Waals surface area (Å²) < 4.78 is 0. The van der Waals surface area contributed by atoms with Crippen molar-refractivity contribution in [3.63, 3.8) is 0 Å². The Balaban J connectivity index is 1.79. The first kappa shape index (κ1) is 11.2. The minimum atomic E-state index is 0.0861. The van der Waals surface area contributed by atoms with E-state index in [1.165, 1.54) is 19.3 Å². The second-order valence-electron chi connectivity index (χ2n) is 4.66. The predicted octanol–water partition coefficient (Wildman–Crippen LogP) is 0.112. The highest BCUT2D eigenvalue weighted by atomic mass is 16.1. The van der Waals surface area contributed by atoms with Crippen molar-refractivity contribution in [1.82, 2.24) is 10.6 Å². The van der Waals surface area contributed by atoms with Crippen LogP contribution in [0, 0.1) is 0 Å². The van der Waals surface area contributed by atoms with Gasteiger partial charge in [0.15, 0.2) is 5.96 Å². The van der Waals surface area contributed by atoms with Crippen LogP contribution in [0.4, 0.5) is 0 Å². The van der Waals surface area contributed by atoms with E-state index in [9.17, 15) is 4.79 Å². The number of carbonyl (C=O) groups excluding carboxylic acids is 1. The molecule has 1 aliphatic heterocycles. The van der Waals surface area contributed by atoms with Gasteiger partial charge in [-0.3, -0.25) is 9.79 Å². The standard InChI is InChI=1S/C11H20N4O/c12-11(14-8-4-2-1-3-5-8)15-9-6-10(16)13-7-9/h8-9H,1-7H2,(H,13,16)(H3,12,14,15). The van der Waals surface area contributed by atoms with E-state index in [0.717, 1.165) is 12.8 Å². The Morgan fingerprint density at radius 1 is 1.38 bits per heavy atom. The first-order chi connectivity index (χ1) is 7.74. The molecule has 0 aromatic heterocycles. The zero-order valence-corrected chi connectivity index (χ0v) is 9.54. The Kier molecular flexibility index (Phi) is 3.64. The molecule has 5 nitrogen and oxygen atoms in total. The van der Waals surface area contributed by atoms with Gasteiger partial charge in [0.25, 0.3) is 0 Å². The summed E-state index contributed by atoms with van der Waals surface area (Å²) in [6.07, 6.45) is 6.62. The quantitative estimate of drug-likeness (QED) is 0.460. The van der Waals surface area contributed by atoms with E-state index < -0.39 is 0 Å². The maximum atomic E-state index is 11.0. The van der Waals surface area contributed by atoms with Crippen molar-refractivity contribution in [3.8, 4) is 0 Å². The molecule has 2 rings (SSSR count). The lowest BCUT2D eigenvalue weighted by molar-refractivity contribution is -0.119. The van der Waals surface area contributed by atoms with Gasteiger partial charge in [-0.2, -0.15) is 0 Å². The first-order valence-electron chi connectivity index (χ1n) is 6.10. The van der Waals surface area contributed by atoms with Crippen molar-refractivity contribution in [1.29, 1.82) is 0 Å². The highest BCUT2D eigenvalue weighted by molar-refractivity contribution is 5.82. The summed E-state index contributed by atoms with van der Waals surface area (Å²) in [5.74, 6) is 0.580. The second kappa shape index (κ2) is 5.18. The third-order valence-electron chi connectivity index (χ3n) is 3.23. The molecule has 90 valence electrons. The van der Waals surface area contributed by atoms with Gasteiger partial charge in [0.2, 0.25) is 5.91 Å². The molecule has 1 saturated carbocycles. The number of nitrogens with one attached hydrogen (secondary N) is 2. The lowest BCUT2D eigenvalue weighted by Crippen LogP contribution is -2.42. The maximum absolute atomic E-state index is 11.0. The molecule has 1 saturated heterocycles. The molecule has 1 heterocycles. The van der Waals surface area contributed by atoms with Crippen LogP contribution in [0.15, 0.2) is 4.99 Å². The molecule has 1 unspecified atom stereocenters. The molecule has 16 heavy (non-hydrogen) atoms. The molecule has 0 bridgehead atoms. The number of hydrogen-bond acceptors (Lipinski definition) is 2. The fourth-order valence-corrected chi connectivity index (χ4v) is 2.36. The molecular weight excluding hydrogens is 204 g/mol. The summed E-state index contributed by atoms with van der Waals surface area (Å²) in [4.78, 5) is 15.5. The number of nitrogens with two attached hydrogens (primary N) is 1. The molecule has 2 aliphatic rings. The van der Waals surface area contributed by atoms with Crippen LogP contribution in [-0.2, 0) is 4.79 Å². The first-order valence-corrected chi connectivity index (χ1v) is 6.10. The maximum Gasteiger partial charge on any atom is 0.222 e. The normalized spacial score (nSPS) is 27.9. The lowest BCUT2D eigenvalue weighted by Gasteiger charge is -2.19. The third kappa shape index (κ3) is 3.12. The van der Waals surface area contributed by atoms with E-state index >= 15 is 0 Å². The zero-order valence-electron chi connectivity index (χ0n) is 9.54. The molecule has 0 spiro atoms. The molecular formula is C11H20N4O. The summed E-state index contributed by atoms with van der Waals surface area (Å²) in [7, 11) is 0. The summed E-state index contributed by atoms with van der Waals surface area (Å²) in [6, 6.07) is 0.492. The van der Waals surface area contributed by atoms with Gasteiger partial charge in [0, 0.05) is 13.0 Å². The highest BCUT2D eigenvalue weighted by Gasteiger charge is 2.22. The molecule has 0 aromatic carbocycles. The van der Waals surface area contributed by atoms with Gasteiger partial charge in [-0.05, 0) is 12.8 Å².